The summed E-state index contributed by atoms with van der Waals surface area (Å²) in [6.07, 6.45) is -3.88. The SMILES string of the molecule is [C-]#[N+]c1c(-c2sccc2Cl)n(CCNC(=O)C(F)(F)F)c2c(=O)[nH]cnc12. The van der Waals surface area contributed by atoms with Crippen LogP contribution < -0.4 is 10.9 Å². The molecular weight excluding hydrogens is 407 g/mol. The molecule has 3 rings (SSSR count). The van der Waals surface area contributed by atoms with Gasteiger partial charge in [0.05, 0.1) is 28.5 Å². The molecule has 0 bridgehead atoms. The summed E-state index contributed by atoms with van der Waals surface area (Å²) < 4.78 is 38.5. The van der Waals surface area contributed by atoms with Crippen LogP contribution in [0.3, 0.4) is 0 Å². The van der Waals surface area contributed by atoms with E-state index in [1.807, 2.05) is 0 Å². The van der Waals surface area contributed by atoms with E-state index in [9.17, 15) is 22.8 Å². The largest absolute Gasteiger partial charge is 0.471 e. The van der Waals surface area contributed by atoms with Crippen LogP contribution in [-0.2, 0) is 11.3 Å². The zero-order valence-corrected chi connectivity index (χ0v) is 14.8. The quantitative estimate of drug-likeness (QED) is 0.641. The third-order valence-electron chi connectivity index (χ3n) is 3.64. The number of hydrogen-bond donors (Lipinski definition) is 2. The fourth-order valence-corrected chi connectivity index (χ4v) is 3.77. The van der Waals surface area contributed by atoms with Gasteiger partial charge in [0.2, 0.25) is 5.69 Å². The van der Waals surface area contributed by atoms with E-state index in [4.69, 9.17) is 18.2 Å². The number of carbonyl (C=O) groups excluding carboxylic acids is 1. The standard InChI is InChI=1S/C15H9ClF3N5O2S/c1-20-8-9-11(13(25)23-6-22-9)24(4-3-21-14(26)15(17,18)19)10(8)12-7(16)2-5-27-12/h2,5-6H,3-4H2,(H,21,26)(H,22,23,25). The lowest BCUT2D eigenvalue weighted by Gasteiger charge is -2.12. The Kier molecular flexibility index (Phi) is 4.95. The van der Waals surface area contributed by atoms with Gasteiger partial charge < -0.3 is 14.9 Å². The number of hydrogen-bond acceptors (Lipinski definition) is 4. The summed E-state index contributed by atoms with van der Waals surface area (Å²) >= 11 is 7.36. The molecule has 2 N–H and O–H groups in total. The minimum absolute atomic E-state index is 0.0178. The topological polar surface area (TPSA) is 84.1 Å². The van der Waals surface area contributed by atoms with Gasteiger partial charge in [0.15, 0.2) is 0 Å². The van der Waals surface area contributed by atoms with Crippen molar-refractivity contribution in [2.45, 2.75) is 12.7 Å². The number of halogens is 4. The average molecular weight is 416 g/mol. The highest BCUT2D eigenvalue weighted by atomic mass is 35.5. The first-order valence-electron chi connectivity index (χ1n) is 7.31. The molecular formula is C15H9ClF3N5O2S. The summed E-state index contributed by atoms with van der Waals surface area (Å²) in [5, 5.41) is 3.75. The number of amides is 1. The van der Waals surface area contributed by atoms with Gasteiger partial charge >= 0.3 is 12.1 Å². The Bertz CT molecular complexity index is 1130. The summed E-state index contributed by atoms with van der Waals surface area (Å²) in [6.45, 7) is 6.85. The zero-order chi connectivity index (χ0) is 19.8. The second-order valence-electron chi connectivity index (χ2n) is 5.24. The number of alkyl halides is 3. The van der Waals surface area contributed by atoms with E-state index in [2.05, 4.69) is 14.8 Å². The lowest BCUT2D eigenvalue weighted by Crippen LogP contribution is -2.38. The van der Waals surface area contributed by atoms with E-state index in [0.29, 0.717) is 9.90 Å². The van der Waals surface area contributed by atoms with Crippen LogP contribution in [0.4, 0.5) is 18.9 Å². The van der Waals surface area contributed by atoms with Crippen LogP contribution in [0.25, 0.3) is 26.4 Å². The number of aromatic amines is 1. The Morgan fingerprint density at radius 2 is 2.22 bits per heavy atom. The van der Waals surface area contributed by atoms with Crippen molar-refractivity contribution in [1.29, 1.82) is 0 Å². The number of fused-ring (bicyclic) bond motifs is 1. The van der Waals surface area contributed by atoms with Crippen LogP contribution in [0.2, 0.25) is 5.02 Å². The van der Waals surface area contributed by atoms with E-state index in [-0.39, 0.29) is 29.0 Å². The van der Waals surface area contributed by atoms with Gasteiger partial charge in [-0.15, -0.1) is 11.3 Å². The first-order valence-corrected chi connectivity index (χ1v) is 8.57. The molecule has 7 nitrogen and oxygen atoms in total. The molecule has 1 amide bonds. The normalized spacial score (nSPS) is 11.5. The first-order chi connectivity index (χ1) is 12.8. The number of aromatic nitrogens is 3. The molecule has 0 aromatic carbocycles. The summed E-state index contributed by atoms with van der Waals surface area (Å²) in [5.41, 5.74) is -0.112. The van der Waals surface area contributed by atoms with Gasteiger partial charge in [0.1, 0.15) is 11.0 Å². The fourth-order valence-electron chi connectivity index (χ4n) is 2.57. The molecule has 12 heteroatoms. The Balaban J connectivity index is 2.13. The van der Waals surface area contributed by atoms with Crippen molar-refractivity contribution in [3.63, 3.8) is 0 Å². The van der Waals surface area contributed by atoms with Crippen molar-refractivity contribution in [1.82, 2.24) is 19.9 Å². The van der Waals surface area contributed by atoms with Crippen molar-refractivity contribution in [3.8, 4) is 10.6 Å². The molecule has 0 aliphatic heterocycles. The van der Waals surface area contributed by atoms with Gasteiger partial charge in [-0.1, -0.05) is 11.6 Å². The van der Waals surface area contributed by atoms with Gasteiger partial charge in [-0.25, -0.2) is 9.83 Å². The molecule has 0 aliphatic rings. The van der Waals surface area contributed by atoms with Crippen molar-refractivity contribution in [2.75, 3.05) is 6.54 Å². The number of thiophene rings is 1. The second kappa shape index (κ2) is 7.05. The number of H-pyrrole nitrogens is 1. The molecule has 0 unspecified atom stereocenters. The van der Waals surface area contributed by atoms with E-state index < -0.39 is 24.2 Å². The molecule has 27 heavy (non-hydrogen) atoms. The Labute approximate surface area is 158 Å². The lowest BCUT2D eigenvalue weighted by atomic mass is 10.3. The number of nitrogens with one attached hydrogen (secondary N) is 2. The van der Waals surface area contributed by atoms with E-state index in [0.717, 1.165) is 6.33 Å². The molecule has 140 valence electrons. The van der Waals surface area contributed by atoms with Crippen LogP contribution in [-0.4, -0.2) is 33.2 Å². The molecule has 0 spiro atoms. The van der Waals surface area contributed by atoms with Crippen LogP contribution in [0.15, 0.2) is 22.6 Å². The molecule has 3 aromatic heterocycles. The molecule has 0 saturated carbocycles. The molecule has 0 saturated heterocycles. The Morgan fingerprint density at radius 3 is 2.81 bits per heavy atom. The second-order valence-corrected chi connectivity index (χ2v) is 6.56. The van der Waals surface area contributed by atoms with Gasteiger partial charge in [0, 0.05) is 13.1 Å². The first kappa shape index (κ1) is 18.9. The molecule has 0 aliphatic carbocycles. The van der Waals surface area contributed by atoms with Crippen molar-refractivity contribution >= 4 is 45.6 Å². The third kappa shape index (κ3) is 3.41. The summed E-state index contributed by atoms with van der Waals surface area (Å²) in [4.78, 5) is 33.6. The highest BCUT2D eigenvalue weighted by Gasteiger charge is 2.38. The van der Waals surface area contributed by atoms with Crippen LogP contribution in [0.5, 0.6) is 0 Å². The van der Waals surface area contributed by atoms with E-state index in [1.165, 1.54) is 15.9 Å². The van der Waals surface area contributed by atoms with E-state index in [1.54, 1.807) is 16.8 Å². The minimum Gasteiger partial charge on any atom is -0.346 e. The predicted molar refractivity (Wildman–Crippen MR) is 94.0 cm³/mol. The molecule has 3 heterocycles. The highest BCUT2D eigenvalue weighted by molar-refractivity contribution is 7.14. The van der Waals surface area contributed by atoms with Crippen molar-refractivity contribution in [2.24, 2.45) is 0 Å². The number of nitrogens with zero attached hydrogens (tertiary/aromatic N) is 3. The van der Waals surface area contributed by atoms with Crippen LogP contribution >= 0.6 is 22.9 Å². The monoisotopic (exact) mass is 415 g/mol. The zero-order valence-electron chi connectivity index (χ0n) is 13.2. The molecule has 0 fully saturated rings. The van der Waals surface area contributed by atoms with Gasteiger partial charge in [-0.3, -0.25) is 9.59 Å². The average Bonchev–Trinajstić information content (AvgIpc) is 3.15. The molecule has 0 atom stereocenters. The predicted octanol–water partition coefficient (Wildman–Crippen LogP) is 3.34. The molecule has 3 aromatic rings. The van der Waals surface area contributed by atoms with Gasteiger partial charge in [-0.05, 0) is 11.4 Å². The maximum Gasteiger partial charge on any atom is 0.471 e. The lowest BCUT2D eigenvalue weighted by molar-refractivity contribution is -0.173. The number of rotatable bonds is 4. The maximum atomic E-state index is 12.4. The smallest absolute Gasteiger partial charge is 0.346 e. The van der Waals surface area contributed by atoms with Gasteiger partial charge in [0.25, 0.3) is 5.56 Å². The molecule has 0 radical (unpaired) electrons. The van der Waals surface area contributed by atoms with Crippen LogP contribution in [0.1, 0.15) is 0 Å². The van der Waals surface area contributed by atoms with Crippen LogP contribution in [0, 0.1) is 6.57 Å². The maximum absolute atomic E-state index is 12.4. The summed E-state index contributed by atoms with van der Waals surface area (Å²) in [6, 6.07) is 1.60. The van der Waals surface area contributed by atoms with Crippen molar-refractivity contribution in [3.05, 3.63) is 44.6 Å². The third-order valence-corrected chi connectivity index (χ3v) is 4.99. The Morgan fingerprint density at radius 1 is 1.48 bits per heavy atom. The van der Waals surface area contributed by atoms with E-state index >= 15 is 0 Å². The Hall–Kier alpha value is -2.84. The summed E-state index contributed by atoms with van der Waals surface area (Å²) in [7, 11) is 0. The van der Waals surface area contributed by atoms with Gasteiger partial charge in [-0.2, -0.15) is 13.2 Å². The highest BCUT2D eigenvalue weighted by Crippen LogP contribution is 2.43. The summed E-state index contributed by atoms with van der Waals surface area (Å²) in [5.74, 6) is -2.09. The number of carbonyl (C=O) groups is 1. The minimum atomic E-state index is -5.01. The fraction of sp³-hybridized carbons (Fsp3) is 0.200. The van der Waals surface area contributed by atoms with Crippen molar-refractivity contribution < 1.29 is 18.0 Å².